The van der Waals surface area contributed by atoms with Gasteiger partial charge in [-0.05, 0) is 120 Å². The number of aryl methyl sites for hydroxylation is 3. The lowest BCUT2D eigenvalue weighted by Gasteiger charge is -2.29. The minimum absolute atomic E-state index is 0.411. The molecule has 1 unspecified atom stereocenters. The van der Waals surface area contributed by atoms with E-state index in [9.17, 15) is 0 Å². The summed E-state index contributed by atoms with van der Waals surface area (Å²) in [5.41, 5.74) is 13.5. The molecule has 0 saturated heterocycles. The molecule has 0 radical (unpaired) electrons. The smallest absolute Gasteiger partial charge is 0.0281 e. The van der Waals surface area contributed by atoms with Crippen molar-refractivity contribution in [3.63, 3.8) is 0 Å². The molecule has 1 atom stereocenters. The van der Waals surface area contributed by atoms with Gasteiger partial charge in [0.1, 0.15) is 0 Å². The van der Waals surface area contributed by atoms with Crippen LogP contribution in [0.2, 0.25) is 0 Å². The average molecular weight is 447 g/mol. The molecular weight excluding hydrogens is 408 g/mol. The van der Waals surface area contributed by atoms with Crippen molar-refractivity contribution in [2.45, 2.75) is 77.6 Å². The predicted molar refractivity (Wildman–Crippen MR) is 145 cm³/mol. The molecule has 1 fully saturated rings. The van der Waals surface area contributed by atoms with Crippen LogP contribution in [0.3, 0.4) is 0 Å². The van der Waals surface area contributed by atoms with Crippen molar-refractivity contribution < 1.29 is 0 Å². The fourth-order valence-corrected chi connectivity index (χ4v) is 7.04. The summed E-state index contributed by atoms with van der Waals surface area (Å²) >= 11 is 0. The molecule has 4 aliphatic carbocycles. The van der Waals surface area contributed by atoms with E-state index >= 15 is 0 Å². The lowest BCUT2D eigenvalue weighted by molar-refractivity contribution is 0.318. The Kier molecular flexibility index (Phi) is 5.94. The summed E-state index contributed by atoms with van der Waals surface area (Å²) in [6.07, 6.45) is 23.6. The molecule has 1 saturated carbocycles. The van der Waals surface area contributed by atoms with Gasteiger partial charge in [-0.1, -0.05) is 80.1 Å². The second-order valence-electron chi connectivity index (χ2n) is 11.1. The molecule has 0 heterocycles. The van der Waals surface area contributed by atoms with Gasteiger partial charge in [0, 0.05) is 5.92 Å². The van der Waals surface area contributed by atoms with Crippen LogP contribution in [0.25, 0.3) is 5.57 Å². The van der Waals surface area contributed by atoms with Gasteiger partial charge in [-0.15, -0.1) is 0 Å². The Morgan fingerprint density at radius 1 is 0.824 bits per heavy atom. The SMILES string of the molecule is CCC1CCC(c2ccc(CC3=CC=C(c4ccc5c(c4)CCC5)C4C=CC=C34)cc2C)CC1. The van der Waals surface area contributed by atoms with Crippen molar-refractivity contribution in [3.8, 4) is 0 Å². The normalized spacial score (nSPS) is 25.5. The van der Waals surface area contributed by atoms with E-state index in [1.165, 1.54) is 84.8 Å². The molecular formula is C34H38. The van der Waals surface area contributed by atoms with E-state index in [2.05, 4.69) is 80.6 Å². The van der Waals surface area contributed by atoms with Crippen LogP contribution < -0.4 is 0 Å². The highest BCUT2D eigenvalue weighted by Crippen LogP contribution is 2.43. The minimum Gasteiger partial charge on any atom is -0.0726 e. The molecule has 0 bridgehead atoms. The van der Waals surface area contributed by atoms with Crippen LogP contribution in [0, 0.1) is 18.8 Å². The standard InChI is InChI=1S/C34H38/c1-3-24-10-13-27(14-11-24)31-18-12-25(20-23(31)2)21-29-17-19-33(34-9-5-8-32(29)34)30-16-15-26-6-4-7-28(26)22-30/h5,8-9,12,15-20,22,24,27,34H,3-4,6-7,10-11,13-14,21H2,1-2H3. The second-order valence-corrected chi connectivity index (χ2v) is 11.1. The van der Waals surface area contributed by atoms with E-state index in [4.69, 9.17) is 0 Å². The third-order valence-corrected chi connectivity index (χ3v) is 9.11. The van der Waals surface area contributed by atoms with E-state index in [-0.39, 0.29) is 0 Å². The van der Waals surface area contributed by atoms with Crippen molar-refractivity contribution in [2.75, 3.05) is 0 Å². The van der Waals surface area contributed by atoms with Crippen molar-refractivity contribution in [3.05, 3.63) is 111 Å². The lowest BCUT2D eigenvalue weighted by atomic mass is 9.76. The molecule has 0 aromatic heterocycles. The first-order valence-corrected chi connectivity index (χ1v) is 13.7. The van der Waals surface area contributed by atoms with Crippen LogP contribution >= 0.6 is 0 Å². The highest BCUT2D eigenvalue weighted by Gasteiger charge is 2.27. The lowest BCUT2D eigenvalue weighted by Crippen LogP contribution is -2.13. The Morgan fingerprint density at radius 3 is 2.50 bits per heavy atom. The molecule has 0 spiro atoms. The summed E-state index contributed by atoms with van der Waals surface area (Å²) in [6, 6.07) is 14.5. The molecule has 4 aliphatic rings. The maximum Gasteiger partial charge on any atom is 0.0281 e. The number of fused-ring (bicyclic) bond motifs is 2. The predicted octanol–water partition coefficient (Wildman–Crippen LogP) is 8.85. The zero-order valence-electron chi connectivity index (χ0n) is 20.9. The van der Waals surface area contributed by atoms with Crippen LogP contribution in [0.15, 0.2) is 77.9 Å². The summed E-state index contributed by atoms with van der Waals surface area (Å²) in [5, 5.41) is 0. The Bertz CT molecular complexity index is 1210. The molecule has 34 heavy (non-hydrogen) atoms. The third kappa shape index (κ3) is 4.06. The van der Waals surface area contributed by atoms with Gasteiger partial charge in [0.15, 0.2) is 0 Å². The molecule has 0 amide bonds. The molecule has 2 aromatic carbocycles. The largest absolute Gasteiger partial charge is 0.0726 e. The summed E-state index contributed by atoms with van der Waals surface area (Å²) in [5.74, 6) is 2.15. The van der Waals surface area contributed by atoms with E-state index in [0.717, 1.165) is 18.3 Å². The molecule has 2 aromatic rings. The van der Waals surface area contributed by atoms with Gasteiger partial charge in [-0.3, -0.25) is 0 Å². The maximum atomic E-state index is 2.47. The van der Waals surface area contributed by atoms with Gasteiger partial charge < -0.3 is 0 Å². The Balaban J connectivity index is 1.22. The highest BCUT2D eigenvalue weighted by atomic mass is 14.3. The molecule has 0 aliphatic heterocycles. The Labute approximate surface area is 206 Å². The quantitative estimate of drug-likeness (QED) is 0.430. The van der Waals surface area contributed by atoms with Crippen molar-refractivity contribution in [1.29, 1.82) is 0 Å². The van der Waals surface area contributed by atoms with E-state index in [1.54, 1.807) is 16.7 Å². The van der Waals surface area contributed by atoms with Gasteiger partial charge >= 0.3 is 0 Å². The van der Waals surface area contributed by atoms with E-state index in [0.29, 0.717) is 5.92 Å². The number of allylic oxidation sites excluding steroid dienone is 8. The van der Waals surface area contributed by atoms with Gasteiger partial charge in [0.05, 0.1) is 0 Å². The zero-order valence-corrected chi connectivity index (χ0v) is 20.9. The zero-order chi connectivity index (χ0) is 23.1. The van der Waals surface area contributed by atoms with E-state index in [1.807, 2.05) is 0 Å². The first kappa shape index (κ1) is 21.9. The van der Waals surface area contributed by atoms with Crippen LogP contribution in [0.5, 0.6) is 0 Å². The first-order valence-electron chi connectivity index (χ1n) is 13.7. The maximum absolute atomic E-state index is 2.47. The fraction of sp³-hybridized carbons (Fsp3) is 0.412. The molecule has 0 nitrogen and oxygen atoms in total. The number of hydrogen-bond acceptors (Lipinski definition) is 0. The van der Waals surface area contributed by atoms with Crippen LogP contribution in [-0.2, 0) is 19.3 Å². The van der Waals surface area contributed by atoms with Gasteiger partial charge in [-0.25, -0.2) is 0 Å². The second kappa shape index (κ2) is 9.21. The highest BCUT2D eigenvalue weighted by molar-refractivity contribution is 5.79. The molecule has 6 rings (SSSR count). The number of hydrogen-bond donors (Lipinski definition) is 0. The topological polar surface area (TPSA) is 0 Å². The summed E-state index contributed by atoms with van der Waals surface area (Å²) < 4.78 is 0. The average Bonchev–Trinajstić information content (AvgIpc) is 3.54. The van der Waals surface area contributed by atoms with E-state index < -0.39 is 0 Å². The number of rotatable bonds is 5. The molecule has 174 valence electrons. The summed E-state index contributed by atoms with van der Waals surface area (Å²) in [7, 11) is 0. The van der Waals surface area contributed by atoms with Crippen molar-refractivity contribution >= 4 is 5.57 Å². The molecule has 0 heteroatoms. The summed E-state index contributed by atoms with van der Waals surface area (Å²) in [6.45, 7) is 4.69. The van der Waals surface area contributed by atoms with Crippen LogP contribution in [0.4, 0.5) is 0 Å². The Morgan fingerprint density at radius 2 is 1.68 bits per heavy atom. The Hall–Kier alpha value is -2.60. The fourth-order valence-electron chi connectivity index (χ4n) is 7.04. The summed E-state index contributed by atoms with van der Waals surface area (Å²) in [4.78, 5) is 0. The minimum atomic E-state index is 0.411. The molecule has 0 N–H and O–H groups in total. The van der Waals surface area contributed by atoms with Gasteiger partial charge in [0.2, 0.25) is 0 Å². The number of benzene rings is 2. The monoisotopic (exact) mass is 446 g/mol. The van der Waals surface area contributed by atoms with Crippen molar-refractivity contribution in [1.82, 2.24) is 0 Å². The van der Waals surface area contributed by atoms with Gasteiger partial charge in [-0.2, -0.15) is 0 Å². The van der Waals surface area contributed by atoms with Crippen molar-refractivity contribution in [2.24, 2.45) is 11.8 Å². The van der Waals surface area contributed by atoms with Crippen LogP contribution in [-0.4, -0.2) is 0 Å². The van der Waals surface area contributed by atoms with Crippen LogP contribution in [0.1, 0.15) is 84.7 Å². The van der Waals surface area contributed by atoms with Gasteiger partial charge in [0.25, 0.3) is 0 Å². The third-order valence-electron chi connectivity index (χ3n) is 9.11. The first-order chi connectivity index (χ1) is 16.7.